The minimum absolute atomic E-state index is 0.0372. The van der Waals surface area contributed by atoms with Crippen LogP contribution in [0.5, 0.6) is 5.75 Å². The molecule has 1 fully saturated rings. The lowest BCUT2D eigenvalue weighted by Crippen LogP contribution is -2.39. The molecule has 4 aromatic carbocycles. The Morgan fingerprint density at radius 2 is 1.61 bits per heavy atom. The number of amides is 1. The quantitative estimate of drug-likeness (QED) is 0.0790. The number of aliphatic hydroxyl groups is 2. The van der Waals surface area contributed by atoms with Gasteiger partial charge in [0, 0.05) is 44.5 Å². The molecule has 5 N–H and O–H groups in total. The third-order valence-corrected chi connectivity index (χ3v) is 9.15. The van der Waals surface area contributed by atoms with Crippen LogP contribution in [0.15, 0.2) is 97.1 Å². The van der Waals surface area contributed by atoms with Gasteiger partial charge in [0.05, 0.1) is 24.9 Å². The Balaban J connectivity index is 1.26. The predicted octanol–water partition coefficient (Wildman–Crippen LogP) is 6.41. The summed E-state index contributed by atoms with van der Waals surface area (Å²) in [6.07, 6.45) is 1.11. The van der Waals surface area contributed by atoms with Crippen LogP contribution in [-0.2, 0) is 32.2 Å². The third kappa shape index (κ3) is 11.2. The highest BCUT2D eigenvalue weighted by Gasteiger charge is 2.33. The van der Waals surface area contributed by atoms with E-state index in [1.165, 1.54) is 0 Å². The summed E-state index contributed by atoms with van der Waals surface area (Å²) in [6, 6.07) is 30.4. The first-order chi connectivity index (χ1) is 24.7. The van der Waals surface area contributed by atoms with Crippen LogP contribution in [0.1, 0.15) is 84.8 Å². The Morgan fingerprint density at radius 1 is 0.882 bits per heavy atom. The minimum atomic E-state index is -0.815. The van der Waals surface area contributed by atoms with E-state index in [2.05, 4.69) is 5.32 Å². The van der Waals surface area contributed by atoms with Gasteiger partial charge < -0.3 is 40.1 Å². The maximum absolute atomic E-state index is 12.5. The third-order valence-electron chi connectivity index (χ3n) is 9.15. The summed E-state index contributed by atoms with van der Waals surface area (Å²) in [5.74, 6) is -0.763. The number of aliphatic hydroxyl groups excluding tert-OH is 2. The minimum Gasteiger partial charge on any atom is -0.508 e. The van der Waals surface area contributed by atoms with Crippen molar-refractivity contribution in [2.75, 3.05) is 20.1 Å². The molecule has 10 nitrogen and oxygen atoms in total. The van der Waals surface area contributed by atoms with Crippen molar-refractivity contribution in [3.63, 3.8) is 0 Å². The topological polar surface area (TPSA) is 149 Å². The molecule has 5 rings (SSSR count). The van der Waals surface area contributed by atoms with E-state index in [1.54, 1.807) is 24.3 Å². The van der Waals surface area contributed by atoms with Crippen LogP contribution in [0.4, 0.5) is 0 Å². The highest BCUT2D eigenvalue weighted by molar-refractivity contribution is 5.76. The lowest BCUT2D eigenvalue weighted by atomic mass is 9.97. The molecule has 10 heteroatoms. The smallest absolute Gasteiger partial charge is 0.303 e. The number of aromatic hydroxyl groups is 1. The van der Waals surface area contributed by atoms with Crippen molar-refractivity contribution in [2.24, 2.45) is 0 Å². The van der Waals surface area contributed by atoms with E-state index in [0.717, 1.165) is 33.4 Å². The molecule has 1 saturated heterocycles. The van der Waals surface area contributed by atoms with Gasteiger partial charge in [-0.05, 0) is 65.4 Å². The summed E-state index contributed by atoms with van der Waals surface area (Å²) in [6.45, 7) is 1.24. The van der Waals surface area contributed by atoms with E-state index < -0.39 is 18.4 Å². The molecule has 0 bridgehead atoms. The molecule has 4 atom stereocenters. The van der Waals surface area contributed by atoms with Gasteiger partial charge in [0.2, 0.25) is 5.91 Å². The summed E-state index contributed by atoms with van der Waals surface area (Å²) >= 11 is 0. The molecule has 1 aliphatic heterocycles. The molecular weight excluding hydrogens is 648 g/mol. The van der Waals surface area contributed by atoms with E-state index in [9.17, 15) is 24.9 Å². The van der Waals surface area contributed by atoms with Crippen molar-refractivity contribution in [1.29, 1.82) is 0 Å². The van der Waals surface area contributed by atoms with Gasteiger partial charge in [-0.25, -0.2) is 0 Å². The van der Waals surface area contributed by atoms with E-state index in [1.807, 2.05) is 84.7 Å². The van der Waals surface area contributed by atoms with Gasteiger partial charge in [-0.15, -0.1) is 0 Å². The fourth-order valence-corrected chi connectivity index (χ4v) is 6.38. The monoisotopic (exact) mass is 696 g/mol. The second kappa shape index (κ2) is 18.6. The SMILES string of the molecule is CN(C[C@H]1C[C@@H](c2ccc(CO)cc2)O[C@@H](c2ccc(-c3ccccc3CNC(=O)CCCCCC(=O)O)cc2)O1)C[C@@H](O)c1cccc(O)c1. The van der Waals surface area contributed by atoms with E-state index >= 15 is 0 Å². The fraction of sp³-hybridized carbons (Fsp3) is 0.366. The van der Waals surface area contributed by atoms with E-state index in [-0.39, 0.29) is 36.9 Å². The molecule has 0 unspecified atom stereocenters. The zero-order chi connectivity index (χ0) is 36.2. The van der Waals surface area contributed by atoms with Crippen molar-refractivity contribution in [1.82, 2.24) is 10.2 Å². The van der Waals surface area contributed by atoms with E-state index in [4.69, 9.17) is 14.6 Å². The largest absolute Gasteiger partial charge is 0.508 e. The Labute approximate surface area is 299 Å². The lowest BCUT2D eigenvalue weighted by Gasteiger charge is -2.38. The summed E-state index contributed by atoms with van der Waals surface area (Å²) in [4.78, 5) is 25.2. The average molecular weight is 697 g/mol. The second-order valence-electron chi connectivity index (χ2n) is 13.2. The van der Waals surface area contributed by atoms with Gasteiger partial charge in [-0.2, -0.15) is 0 Å². The number of carboxylic acid groups (broad SMARTS) is 1. The molecule has 0 aromatic heterocycles. The van der Waals surface area contributed by atoms with Gasteiger partial charge in [0.15, 0.2) is 6.29 Å². The zero-order valence-electron chi connectivity index (χ0n) is 29.0. The first kappa shape index (κ1) is 37.7. The molecule has 0 aliphatic carbocycles. The van der Waals surface area contributed by atoms with Crippen LogP contribution in [0.3, 0.4) is 0 Å². The van der Waals surface area contributed by atoms with Crippen LogP contribution >= 0.6 is 0 Å². The highest BCUT2D eigenvalue weighted by Crippen LogP contribution is 2.39. The molecule has 1 amide bonds. The summed E-state index contributed by atoms with van der Waals surface area (Å²) in [5.41, 5.74) is 6.28. The molecule has 1 heterocycles. The fourth-order valence-electron chi connectivity index (χ4n) is 6.38. The normalized spacial score (nSPS) is 18.0. The number of aliphatic carboxylic acids is 1. The van der Waals surface area contributed by atoms with Crippen LogP contribution in [0.2, 0.25) is 0 Å². The number of nitrogens with zero attached hydrogens (tertiary/aromatic N) is 1. The predicted molar refractivity (Wildman–Crippen MR) is 193 cm³/mol. The lowest BCUT2D eigenvalue weighted by molar-refractivity contribution is -0.252. The van der Waals surface area contributed by atoms with Crippen molar-refractivity contribution in [3.8, 4) is 16.9 Å². The molecule has 0 radical (unpaired) electrons. The highest BCUT2D eigenvalue weighted by atomic mass is 16.7. The Kier molecular flexibility index (Phi) is 13.7. The molecule has 270 valence electrons. The number of benzene rings is 4. The maximum Gasteiger partial charge on any atom is 0.303 e. The number of phenols is 1. The molecule has 1 aliphatic rings. The van der Waals surface area contributed by atoms with Gasteiger partial charge in [0.1, 0.15) is 5.75 Å². The molecule has 0 saturated carbocycles. The summed E-state index contributed by atoms with van der Waals surface area (Å²) < 4.78 is 13.1. The van der Waals surface area contributed by atoms with Gasteiger partial charge >= 0.3 is 5.97 Å². The number of ether oxygens (including phenoxy) is 2. The van der Waals surface area contributed by atoms with Crippen molar-refractivity contribution < 1.29 is 39.5 Å². The molecule has 51 heavy (non-hydrogen) atoms. The van der Waals surface area contributed by atoms with Gasteiger partial charge in [-0.3, -0.25) is 9.59 Å². The van der Waals surface area contributed by atoms with Crippen molar-refractivity contribution >= 4 is 11.9 Å². The number of hydrogen-bond donors (Lipinski definition) is 5. The standard InChI is InChI=1S/C41H48N2O8/c1-43(26-37(46)32-9-7-10-34(45)22-32)25-35-23-38(30-16-14-28(27-44)15-17-30)51-41(50-35)31-20-18-29(19-21-31)36-11-6-5-8-33(36)24-42-39(47)12-3-2-4-13-40(48)49/h5-11,14-22,35,37-38,41,44-46H,2-4,12-13,23-27H2,1H3,(H,42,47)(H,48,49)/t35-,37-,38+,41+/m1/s1. The Hall–Kier alpha value is -4.58. The van der Waals surface area contributed by atoms with Crippen molar-refractivity contribution in [3.05, 3.63) is 125 Å². The van der Waals surface area contributed by atoms with Crippen LogP contribution in [0, 0.1) is 0 Å². The first-order valence-corrected chi connectivity index (χ1v) is 17.5. The van der Waals surface area contributed by atoms with Gasteiger partial charge in [-0.1, -0.05) is 91.3 Å². The van der Waals surface area contributed by atoms with Crippen molar-refractivity contribution in [2.45, 2.75) is 76.3 Å². The van der Waals surface area contributed by atoms with Crippen LogP contribution in [-0.4, -0.2) is 63.4 Å². The molecular formula is C41H48N2O8. The summed E-state index contributed by atoms with van der Waals surface area (Å²) in [5, 5.41) is 42.0. The molecule has 0 spiro atoms. The van der Waals surface area contributed by atoms with Crippen LogP contribution < -0.4 is 5.32 Å². The zero-order valence-corrected chi connectivity index (χ0v) is 29.0. The number of unbranched alkanes of at least 4 members (excludes halogenated alkanes) is 2. The summed E-state index contributed by atoms with van der Waals surface area (Å²) in [7, 11) is 1.93. The Bertz CT molecular complexity index is 1710. The maximum atomic E-state index is 12.5. The number of rotatable bonds is 17. The Morgan fingerprint density at radius 3 is 2.33 bits per heavy atom. The second-order valence-corrected chi connectivity index (χ2v) is 13.2. The first-order valence-electron chi connectivity index (χ1n) is 17.5. The number of carbonyl (C=O) groups excluding carboxylic acids is 1. The number of carboxylic acids is 1. The number of nitrogens with one attached hydrogen (secondary N) is 1. The number of likely N-dealkylation sites (N-methyl/N-ethyl adjacent to an activating group) is 1. The average Bonchev–Trinajstić information content (AvgIpc) is 3.13. The van der Waals surface area contributed by atoms with E-state index in [0.29, 0.717) is 57.3 Å². The number of hydrogen-bond acceptors (Lipinski definition) is 8. The number of carbonyl (C=O) groups is 2. The van der Waals surface area contributed by atoms with Gasteiger partial charge in [0.25, 0.3) is 0 Å². The van der Waals surface area contributed by atoms with Crippen LogP contribution in [0.25, 0.3) is 11.1 Å². The molecule has 4 aromatic rings. The number of phenolic OH excluding ortho intramolecular Hbond substituents is 1.